The second-order valence-electron chi connectivity index (χ2n) is 5.23. The van der Waals surface area contributed by atoms with Crippen LogP contribution >= 0.6 is 11.6 Å². The van der Waals surface area contributed by atoms with Crippen LogP contribution in [0.2, 0.25) is 5.02 Å². The van der Waals surface area contributed by atoms with E-state index in [2.05, 4.69) is 4.98 Å². The maximum atomic E-state index is 11.7. The van der Waals surface area contributed by atoms with Gasteiger partial charge in [0.05, 0.1) is 11.2 Å². The quantitative estimate of drug-likeness (QED) is 0.371. The second-order valence-corrected chi connectivity index (χ2v) is 5.67. The number of para-hydroxylation sites is 1. The van der Waals surface area contributed by atoms with Crippen molar-refractivity contribution in [1.82, 2.24) is 4.98 Å². The van der Waals surface area contributed by atoms with Gasteiger partial charge >= 0.3 is 5.97 Å². The molecule has 25 heavy (non-hydrogen) atoms. The Hall–Kier alpha value is -2.85. The number of esters is 1. The van der Waals surface area contributed by atoms with E-state index in [1.807, 2.05) is 36.4 Å². The Morgan fingerprint density at radius 3 is 2.64 bits per heavy atom. The van der Waals surface area contributed by atoms with Crippen LogP contribution in [0.1, 0.15) is 5.69 Å². The molecule has 3 aromatic rings. The number of aromatic nitrogens is 1. The van der Waals surface area contributed by atoms with Gasteiger partial charge < -0.3 is 9.47 Å². The predicted molar refractivity (Wildman–Crippen MR) is 98.7 cm³/mol. The average molecular weight is 354 g/mol. The molecule has 0 bridgehead atoms. The second kappa shape index (κ2) is 8.31. The number of benzene rings is 2. The molecule has 4 nitrogen and oxygen atoms in total. The number of nitrogens with zero attached hydrogens (tertiary/aromatic N) is 1. The number of carbonyl (C=O) groups is 1. The highest BCUT2D eigenvalue weighted by Gasteiger charge is 2.00. The SMILES string of the molecule is O=C(/C=C/c1ccc2ccccc2n1)OCCOc1ccc(Cl)cc1. The van der Waals surface area contributed by atoms with Crippen LogP contribution in [0.25, 0.3) is 17.0 Å². The summed E-state index contributed by atoms with van der Waals surface area (Å²) in [6.07, 6.45) is 2.99. The summed E-state index contributed by atoms with van der Waals surface area (Å²) in [6.45, 7) is 0.437. The molecule has 1 aromatic heterocycles. The minimum absolute atomic E-state index is 0.164. The number of rotatable bonds is 6. The Morgan fingerprint density at radius 2 is 1.80 bits per heavy atom. The van der Waals surface area contributed by atoms with Crippen LogP contribution in [0.5, 0.6) is 5.75 Å². The molecule has 3 rings (SSSR count). The number of halogens is 1. The summed E-state index contributed by atoms with van der Waals surface area (Å²) in [5.74, 6) is 0.242. The van der Waals surface area contributed by atoms with E-state index in [9.17, 15) is 4.79 Å². The Morgan fingerprint density at radius 1 is 1.00 bits per heavy atom. The lowest BCUT2D eigenvalue weighted by atomic mass is 10.2. The monoisotopic (exact) mass is 353 g/mol. The minimum Gasteiger partial charge on any atom is -0.490 e. The van der Waals surface area contributed by atoms with Gasteiger partial charge in [-0.3, -0.25) is 0 Å². The Balaban J connectivity index is 1.46. The summed E-state index contributed by atoms with van der Waals surface area (Å²) in [4.78, 5) is 16.2. The minimum atomic E-state index is -0.435. The smallest absolute Gasteiger partial charge is 0.330 e. The van der Waals surface area contributed by atoms with Gasteiger partial charge in [0, 0.05) is 16.5 Å². The first kappa shape index (κ1) is 17.0. The molecule has 0 N–H and O–H groups in total. The summed E-state index contributed by atoms with van der Waals surface area (Å²) in [7, 11) is 0. The molecule has 126 valence electrons. The summed E-state index contributed by atoms with van der Waals surface area (Å²) in [5, 5.41) is 1.70. The number of hydrogen-bond donors (Lipinski definition) is 0. The van der Waals surface area contributed by atoms with Gasteiger partial charge in [0.1, 0.15) is 19.0 Å². The third-order valence-corrected chi connectivity index (χ3v) is 3.67. The highest BCUT2D eigenvalue weighted by Crippen LogP contribution is 2.15. The third-order valence-electron chi connectivity index (χ3n) is 3.42. The molecule has 0 aliphatic carbocycles. The maximum absolute atomic E-state index is 11.7. The first-order chi connectivity index (χ1) is 12.2. The molecule has 5 heteroatoms. The molecule has 0 amide bonds. The van der Waals surface area contributed by atoms with E-state index >= 15 is 0 Å². The van der Waals surface area contributed by atoms with Gasteiger partial charge in [-0.2, -0.15) is 0 Å². The molecule has 0 unspecified atom stereocenters. The van der Waals surface area contributed by atoms with Gasteiger partial charge in [0.25, 0.3) is 0 Å². The van der Waals surface area contributed by atoms with E-state index in [0.717, 1.165) is 10.9 Å². The van der Waals surface area contributed by atoms with Crippen LogP contribution in [0.15, 0.2) is 66.7 Å². The van der Waals surface area contributed by atoms with Crippen LogP contribution in [0.4, 0.5) is 0 Å². The van der Waals surface area contributed by atoms with Crippen LogP contribution in [-0.2, 0) is 9.53 Å². The van der Waals surface area contributed by atoms with Crippen LogP contribution in [0.3, 0.4) is 0 Å². The number of carbonyl (C=O) groups excluding carboxylic acids is 1. The summed E-state index contributed by atoms with van der Waals surface area (Å²) in [6, 6.07) is 18.6. The zero-order chi connectivity index (χ0) is 17.5. The number of fused-ring (bicyclic) bond motifs is 1. The van der Waals surface area contributed by atoms with Gasteiger partial charge in [0.2, 0.25) is 0 Å². The molecular formula is C20H16ClNO3. The molecule has 0 aliphatic rings. The molecule has 0 radical (unpaired) electrons. The fourth-order valence-corrected chi connectivity index (χ4v) is 2.33. The summed E-state index contributed by atoms with van der Waals surface area (Å²) >= 11 is 5.79. The number of ether oxygens (including phenoxy) is 2. The highest BCUT2D eigenvalue weighted by molar-refractivity contribution is 6.30. The zero-order valence-corrected chi connectivity index (χ0v) is 14.1. The third kappa shape index (κ3) is 5.06. The molecule has 0 spiro atoms. The average Bonchev–Trinajstić information content (AvgIpc) is 2.65. The number of hydrogen-bond acceptors (Lipinski definition) is 4. The summed E-state index contributed by atoms with van der Waals surface area (Å²) < 4.78 is 10.5. The molecule has 1 heterocycles. The number of pyridine rings is 1. The van der Waals surface area contributed by atoms with Crippen molar-refractivity contribution in [2.24, 2.45) is 0 Å². The van der Waals surface area contributed by atoms with E-state index in [0.29, 0.717) is 16.5 Å². The van der Waals surface area contributed by atoms with Crippen molar-refractivity contribution in [3.8, 4) is 5.75 Å². The van der Waals surface area contributed by atoms with E-state index < -0.39 is 5.97 Å². The van der Waals surface area contributed by atoms with Gasteiger partial charge in [-0.15, -0.1) is 0 Å². The van der Waals surface area contributed by atoms with Gasteiger partial charge in [-0.05, 0) is 42.5 Å². The van der Waals surface area contributed by atoms with Crippen molar-refractivity contribution >= 4 is 34.5 Å². The molecule has 0 saturated heterocycles. The van der Waals surface area contributed by atoms with E-state index in [4.69, 9.17) is 21.1 Å². The first-order valence-electron chi connectivity index (χ1n) is 7.80. The molecule has 0 aliphatic heterocycles. The highest BCUT2D eigenvalue weighted by atomic mass is 35.5. The maximum Gasteiger partial charge on any atom is 0.330 e. The summed E-state index contributed by atoms with van der Waals surface area (Å²) in [5.41, 5.74) is 1.59. The van der Waals surface area contributed by atoms with Crippen molar-refractivity contribution in [3.63, 3.8) is 0 Å². The largest absolute Gasteiger partial charge is 0.490 e. The molecular weight excluding hydrogens is 338 g/mol. The van der Waals surface area contributed by atoms with Crippen molar-refractivity contribution in [1.29, 1.82) is 0 Å². The van der Waals surface area contributed by atoms with E-state index in [1.165, 1.54) is 6.08 Å². The first-order valence-corrected chi connectivity index (χ1v) is 8.17. The molecule has 0 saturated carbocycles. The van der Waals surface area contributed by atoms with E-state index in [1.54, 1.807) is 30.3 Å². The van der Waals surface area contributed by atoms with Crippen molar-refractivity contribution < 1.29 is 14.3 Å². The van der Waals surface area contributed by atoms with Crippen LogP contribution < -0.4 is 4.74 Å². The van der Waals surface area contributed by atoms with Gasteiger partial charge in [-0.25, -0.2) is 9.78 Å². The molecule has 0 atom stereocenters. The standard InChI is InChI=1S/C20H16ClNO3/c21-16-6-10-18(11-7-16)24-13-14-25-20(23)12-9-17-8-5-15-3-1-2-4-19(15)22-17/h1-12H,13-14H2/b12-9+. The molecule has 2 aromatic carbocycles. The van der Waals surface area contributed by atoms with Crippen molar-refractivity contribution in [2.45, 2.75) is 0 Å². The Bertz CT molecular complexity index is 891. The van der Waals surface area contributed by atoms with Crippen LogP contribution in [-0.4, -0.2) is 24.2 Å². The van der Waals surface area contributed by atoms with Crippen molar-refractivity contribution in [3.05, 3.63) is 77.5 Å². The Kier molecular flexibility index (Phi) is 5.65. The predicted octanol–water partition coefficient (Wildman–Crippen LogP) is 4.52. The normalized spacial score (nSPS) is 10.9. The van der Waals surface area contributed by atoms with Gasteiger partial charge in [-0.1, -0.05) is 35.9 Å². The zero-order valence-electron chi connectivity index (χ0n) is 13.4. The van der Waals surface area contributed by atoms with Gasteiger partial charge in [0.15, 0.2) is 0 Å². The van der Waals surface area contributed by atoms with E-state index in [-0.39, 0.29) is 13.2 Å². The topological polar surface area (TPSA) is 48.4 Å². The fourth-order valence-electron chi connectivity index (χ4n) is 2.21. The lowest BCUT2D eigenvalue weighted by molar-refractivity contribution is -0.138. The lowest BCUT2D eigenvalue weighted by Gasteiger charge is -2.06. The Labute approximate surface area is 150 Å². The fraction of sp³-hybridized carbons (Fsp3) is 0.100. The lowest BCUT2D eigenvalue weighted by Crippen LogP contribution is -2.10. The molecule has 0 fully saturated rings. The van der Waals surface area contributed by atoms with Crippen molar-refractivity contribution in [2.75, 3.05) is 13.2 Å². The van der Waals surface area contributed by atoms with Crippen LogP contribution in [0, 0.1) is 0 Å².